The average Bonchev–Trinajstić information content (AvgIpc) is 3.24. The molecule has 1 aliphatic heterocycles. The minimum atomic E-state index is -0.664. The normalized spacial score (nSPS) is 14.6. The number of nitrogens with one attached hydrogen (secondary N) is 2. The number of rotatable bonds is 4. The predicted molar refractivity (Wildman–Crippen MR) is 121 cm³/mol. The SMILES string of the molecule is CNC(=O)c1ccc(C2=CCN(Cc3ccc4c([nH]c(=O)c5c(F)ccn54)c3F)CC2)cn1. The summed E-state index contributed by atoms with van der Waals surface area (Å²) in [5, 5.41) is 2.55. The van der Waals surface area contributed by atoms with Crippen molar-refractivity contribution in [2.24, 2.45) is 0 Å². The minimum Gasteiger partial charge on any atom is -0.354 e. The molecule has 0 aliphatic carbocycles. The number of aromatic nitrogens is 3. The number of benzene rings is 1. The molecular weight excluding hydrogens is 428 g/mol. The number of nitrogens with zero attached hydrogens (tertiary/aromatic N) is 3. The van der Waals surface area contributed by atoms with Crippen LogP contribution in [0.15, 0.2) is 53.6 Å². The molecule has 1 aliphatic rings. The molecule has 2 N–H and O–H groups in total. The zero-order valence-electron chi connectivity index (χ0n) is 17.9. The van der Waals surface area contributed by atoms with Crippen molar-refractivity contribution in [3.8, 4) is 0 Å². The van der Waals surface area contributed by atoms with Crippen molar-refractivity contribution in [1.82, 2.24) is 24.6 Å². The maximum atomic E-state index is 15.3. The van der Waals surface area contributed by atoms with Crippen LogP contribution in [-0.2, 0) is 6.54 Å². The minimum absolute atomic E-state index is 0.0659. The summed E-state index contributed by atoms with van der Waals surface area (Å²) < 4.78 is 30.5. The van der Waals surface area contributed by atoms with E-state index in [1.807, 2.05) is 6.07 Å². The van der Waals surface area contributed by atoms with Crippen LogP contribution in [0.1, 0.15) is 28.0 Å². The Morgan fingerprint density at radius 1 is 1.21 bits per heavy atom. The molecule has 0 unspecified atom stereocenters. The van der Waals surface area contributed by atoms with Crippen molar-refractivity contribution < 1.29 is 13.6 Å². The van der Waals surface area contributed by atoms with Gasteiger partial charge in [0.1, 0.15) is 16.7 Å². The topological polar surface area (TPSA) is 82.5 Å². The van der Waals surface area contributed by atoms with Crippen LogP contribution in [0.3, 0.4) is 0 Å². The van der Waals surface area contributed by atoms with Crippen molar-refractivity contribution in [1.29, 1.82) is 0 Å². The number of carbonyl (C=O) groups is 1. The van der Waals surface area contributed by atoms with Gasteiger partial charge in [-0.1, -0.05) is 18.2 Å². The standard InChI is InChI=1S/C24H21F2N5O2/c1-27-23(32)18-4-2-15(12-28-18)14-6-9-30(10-7-14)13-16-3-5-19-21(20(16)26)29-24(33)22-17(25)8-11-31(19)22/h2-6,8,11-12H,7,9-10,13H2,1H3,(H,27,32)(H,29,33). The van der Waals surface area contributed by atoms with Crippen molar-refractivity contribution in [2.45, 2.75) is 13.0 Å². The Balaban J connectivity index is 1.36. The fraction of sp³-hybridized carbons (Fsp3) is 0.208. The van der Waals surface area contributed by atoms with Gasteiger partial charge in [-0.25, -0.2) is 8.78 Å². The van der Waals surface area contributed by atoms with Crippen molar-refractivity contribution in [3.63, 3.8) is 0 Å². The van der Waals surface area contributed by atoms with E-state index in [4.69, 9.17) is 0 Å². The Kier molecular flexibility index (Phi) is 5.26. The molecule has 5 rings (SSSR count). The highest BCUT2D eigenvalue weighted by molar-refractivity contribution is 5.92. The molecule has 33 heavy (non-hydrogen) atoms. The smallest absolute Gasteiger partial charge is 0.275 e. The average molecular weight is 449 g/mol. The fourth-order valence-corrected chi connectivity index (χ4v) is 4.25. The first-order valence-electron chi connectivity index (χ1n) is 10.6. The lowest BCUT2D eigenvalue weighted by molar-refractivity contribution is 0.0958. The van der Waals surface area contributed by atoms with E-state index < -0.39 is 17.2 Å². The second-order valence-electron chi connectivity index (χ2n) is 7.99. The summed E-state index contributed by atoms with van der Waals surface area (Å²) in [6, 6.07) is 8.13. The molecule has 0 atom stereocenters. The van der Waals surface area contributed by atoms with E-state index in [1.165, 1.54) is 16.7 Å². The second kappa shape index (κ2) is 8.25. The Hall–Kier alpha value is -3.85. The van der Waals surface area contributed by atoms with E-state index in [0.717, 1.165) is 24.1 Å². The van der Waals surface area contributed by atoms with Crippen LogP contribution in [0.2, 0.25) is 0 Å². The van der Waals surface area contributed by atoms with Crippen LogP contribution in [-0.4, -0.2) is 45.3 Å². The molecule has 0 saturated carbocycles. The van der Waals surface area contributed by atoms with Gasteiger partial charge in [0, 0.05) is 44.6 Å². The number of hydrogen-bond donors (Lipinski definition) is 2. The molecule has 0 spiro atoms. The van der Waals surface area contributed by atoms with Crippen LogP contribution < -0.4 is 10.9 Å². The molecular formula is C24H21F2N5O2. The van der Waals surface area contributed by atoms with Crippen molar-refractivity contribution in [2.75, 3.05) is 20.1 Å². The Labute approximate surface area is 187 Å². The summed E-state index contributed by atoms with van der Waals surface area (Å²) >= 11 is 0. The van der Waals surface area contributed by atoms with Crippen LogP contribution in [0.25, 0.3) is 22.1 Å². The number of amides is 1. The lowest BCUT2D eigenvalue weighted by atomic mass is 10.0. The summed E-state index contributed by atoms with van der Waals surface area (Å²) in [5.41, 5.74) is 2.59. The van der Waals surface area contributed by atoms with E-state index in [-0.39, 0.29) is 16.9 Å². The molecule has 9 heteroatoms. The fourth-order valence-electron chi connectivity index (χ4n) is 4.25. The van der Waals surface area contributed by atoms with Crippen LogP contribution in [0, 0.1) is 11.6 Å². The van der Waals surface area contributed by atoms with Gasteiger partial charge in [-0.05, 0) is 35.8 Å². The zero-order valence-corrected chi connectivity index (χ0v) is 17.9. The largest absolute Gasteiger partial charge is 0.354 e. The molecule has 3 aromatic heterocycles. The lowest BCUT2D eigenvalue weighted by Crippen LogP contribution is -2.28. The highest BCUT2D eigenvalue weighted by atomic mass is 19.1. The molecule has 4 aromatic rings. The van der Waals surface area contributed by atoms with Crippen LogP contribution in [0.5, 0.6) is 0 Å². The van der Waals surface area contributed by atoms with Gasteiger partial charge in [0.25, 0.3) is 11.5 Å². The molecule has 0 fully saturated rings. The van der Waals surface area contributed by atoms with E-state index in [0.29, 0.717) is 29.9 Å². The van der Waals surface area contributed by atoms with E-state index in [2.05, 4.69) is 26.3 Å². The van der Waals surface area contributed by atoms with E-state index in [9.17, 15) is 14.0 Å². The number of halogens is 2. The quantitative estimate of drug-likeness (QED) is 0.502. The first-order valence-corrected chi connectivity index (χ1v) is 10.6. The van der Waals surface area contributed by atoms with Gasteiger partial charge < -0.3 is 14.7 Å². The van der Waals surface area contributed by atoms with Gasteiger partial charge >= 0.3 is 0 Å². The third-order valence-electron chi connectivity index (χ3n) is 6.03. The summed E-state index contributed by atoms with van der Waals surface area (Å²) in [4.78, 5) is 32.7. The highest BCUT2D eigenvalue weighted by Gasteiger charge is 2.19. The molecule has 0 bridgehead atoms. The van der Waals surface area contributed by atoms with Crippen LogP contribution >= 0.6 is 0 Å². The van der Waals surface area contributed by atoms with Crippen molar-refractivity contribution in [3.05, 3.63) is 87.6 Å². The lowest BCUT2D eigenvalue weighted by Gasteiger charge is -2.26. The third-order valence-corrected chi connectivity index (χ3v) is 6.03. The summed E-state index contributed by atoms with van der Waals surface area (Å²) in [6.07, 6.45) is 5.95. The number of aromatic amines is 1. The first kappa shape index (κ1) is 21.0. The van der Waals surface area contributed by atoms with E-state index >= 15 is 4.39 Å². The first-order chi connectivity index (χ1) is 16.0. The van der Waals surface area contributed by atoms with Gasteiger partial charge in [-0.15, -0.1) is 0 Å². The molecule has 1 amide bonds. The van der Waals surface area contributed by atoms with Gasteiger partial charge in [-0.3, -0.25) is 19.5 Å². The monoisotopic (exact) mass is 449 g/mol. The maximum absolute atomic E-state index is 15.3. The van der Waals surface area contributed by atoms with Gasteiger partial charge in [0.15, 0.2) is 11.6 Å². The maximum Gasteiger partial charge on any atom is 0.275 e. The molecule has 1 aromatic carbocycles. The second-order valence-corrected chi connectivity index (χ2v) is 7.99. The van der Waals surface area contributed by atoms with Crippen molar-refractivity contribution >= 4 is 28.0 Å². The molecule has 7 nitrogen and oxygen atoms in total. The predicted octanol–water partition coefficient (Wildman–Crippen LogP) is 3.10. The van der Waals surface area contributed by atoms with Crippen LogP contribution in [0.4, 0.5) is 8.78 Å². The number of pyridine rings is 1. The van der Waals surface area contributed by atoms with Gasteiger partial charge in [-0.2, -0.15) is 0 Å². The highest BCUT2D eigenvalue weighted by Crippen LogP contribution is 2.25. The summed E-state index contributed by atoms with van der Waals surface area (Å²) in [5.74, 6) is -1.38. The number of carbonyl (C=O) groups excluding carboxylic acids is 1. The zero-order chi connectivity index (χ0) is 23.1. The molecule has 0 radical (unpaired) electrons. The molecule has 4 heterocycles. The number of hydrogen-bond acceptors (Lipinski definition) is 4. The Morgan fingerprint density at radius 3 is 2.76 bits per heavy atom. The summed E-state index contributed by atoms with van der Waals surface area (Å²) in [6.45, 7) is 1.72. The van der Waals surface area contributed by atoms with Gasteiger partial charge in [0.2, 0.25) is 0 Å². The summed E-state index contributed by atoms with van der Waals surface area (Å²) in [7, 11) is 1.56. The number of fused-ring (bicyclic) bond motifs is 3. The van der Waals surface area contributed by atoms with Gasteiger partial charge in [0.05, 0.1) is 5.52 Å². The number of H-pyrrole nitrogens is 1. The van der Waals surface area contributed by atoms with E-state index in [1.54, 1.807) is 31.4 Å². The molecule has 0 saturated heterocycles. The molecule has 168 valence electrons. The Morgan fingerprint density at radius 2 is 2.06 bits per heavy atom. The third kappa shape index (κ3) is 3.70. The Bertz CT molecular complexity index is 1470.